The Morgan fingerprint density at radius 2 is 2.00 bits per heavy atom. The fourth-order valence-corrected chi connectivity index (χ4v) is 2.40. The number of hydrogen-bond donors (Lipinski definition) is 1. The number of benzene rings is 1. The summed E-state index contributed by atoms with van der Waals surface area (Å²) in [6, 6.07) is 5.72. The monoisotopic (exact) mass is 342 g/mol. The second-order valence-corrected chi connectivity index (χ2v) is 5.39. The zero-order valence-corrected chi connectivity index (χ0v) is 12.3. The maximum Gasteiger partial charge on any atom is 0.417 e. The minimum atomic E-state index is -4.51. The molecule has 1 N–H and O–H groups in total. The molecular weight excluding hydrogens is 333 g/mol. The summed E-state index contributed by atoms with van der Waals surface area (Å²) in [6.45, 7) is 0. The maximum absolute atomic E-state index is 12.6. The van der Waals surface area contributed by atoms with Crippen molar-refractivity contribution in [3.63, 3.8) is 0 Å². The van der Waals surface area contributed by atoms with Gasteiger partial charge in [0.05, 0.1) is 5.56 Å². The van der Waals surface area contributed by atoms with Gasteiger partial charge >= 0.3 is 6.18 Å². The summed E-state index contributed by atoms with van der Waals surface area (Å²) in [5.74, 6) is 0.215. The summed E-state index contributed by atoms with van der Waals surface area (Å²) in [7, 11) is 0. The highest BCUT2D eigenvalue weighted by molar-refractivity contribution is 6.31. The summed E-state index contributed by atoms with van der Waals surface area (Å²) < 4.78 is 43.2. The minimum absolute atomic E-state index is 0.0568. The number of carbonyl (C=O) groups is 1. The van der Waals surface area contributed by atoms with Crippen molar-refractivity contribution < 1.29 is 22.7 Å². The summed E-state index contributed by atoms with van der Waals surface area (Å²) in [5.41, 5.74) is 0.633. The van der Waals surface area contributed by atoms with Crippen LogP contribution in [0.5, 0.6) is 11.6 Å². The number of halogens is 4. The van der Waals surface area contributed by atoms with Crippen molar-refractivity contribution in [1.29, 1.82) is 0 Å². The van der Waals surface area contributed by atoms with Crippen molar-refractivity contribution in [3.8, 4) is 11.6 Å². The number of anilines is 1. The number of nitrogens with one attached hydrogen (secondary N) is 1. The first-order chi connectivity index (χ1) is 10.8. The van der Waals surface area contributed by atoms with Gasteiger partial charge in [-0.25, -0.2) is 4.98 Å². The molecule has 0 saturated heterocycles. The van der Waals surface area contributed by atoms with E-state index in [0.717, 1.165) is 11.6 Å². The third-order valence-corrected chi connectivity index (χ3v) is 3.59. The van der Waals surface area contributed by atoms with Crippen molar-refractivity contribution in [1.82, 2.24) is 4.98 Å². The van der Waals surface area contributed by atoms with Gasteiger partial charge in [0.25, 0.3) is 0 Å². The number of carbonyl (C=O) groups excluding carboxylic acids is 1. The van der Waals surface area contributed by atoms with Gasteiger partial charge in [0.15, 0.2) is 0 Å². The van der Waals surface area contributed by atoms with Crippen molar-refractivity contribution in [2.45, 2.75) is 19.0 Å². The zero-order chi connectivity index (χ0) is 16.6. The van der Waals surface area contributed by atoms with E-state index in [2.05, 4.69) is 10.3 Å². The van der Waals surface area contributed by atoms with Crippen LogP contribution in [0.1, 0.15) is 17.5 Å². The van der Waals surface area contributed by atoms with Crippen LogP contribution in [0.4, 0.5) is 18.9 Å². The average Bonchev–Trinajstić information content (AvgIpc) is 2.48. The molecule has 0 aliphatic carbocycles. The molecule has 3 rings (SSSR count). The predicted molar refractivity (Wildman–Crippen MR) is 77.7 cm³/mol. The Balaban J connectivity index is 1.84. The molecule has 0 fully saturated rings. The quantitative estimate of drug-likeness (QED) is 0.878. The molecule has 8 heteroatoms. The van der Waals surface area contributed by atoms with Gasteiger partial charge in [0, 0.05) is 18.3 Å². The van der Waals surface area contributed by atoms with E-state index in [1.807, 2.05) is 0 Å². The number of aryl methyl sites for hydroxylation is 1. The third-order valence-electron chi connectivity index (χ3n) is 3.32. The van der Waals surface area contributed by atoms with E-state index >= 15 is 0 Å². The molecule has 1 aromatic carbocycles. The highest BCUT2D eigenvalue weighted by atomic mass is 35.5. The molecule has 1 amide bonds. The summed E-state index contributed by atoms with van der Waals surface area (Å²) in [4.78, 5) is 14.9. The van der Waals surface area contributed by atoms with Crippen molar-refractivity contribution in [2.24, 2.45) is 0 Å². The van der Waals surface area contributed by atoms with Gasteiger partial charge < -0.3 is 10.1 Å². The van der Waals surface area contributed by atoms with Crippen LogP contribution in [0.15, 0.2) is 30.5 Å². The van der Waals surface area contributed by atoms with Crippen LogP contribution in [-0.4, -0.2) is 10.9 Å². The van der Waals surface area contributed by atoms with Gasteiger partial charge in [-0.15, -0.1) is 0 Å². The SMILES string of the molecule is O=C1CCc2cc(Oc3ncc(C(F)(F)F)cc3Cl)ccc2N1. The lowest BCUT2D eigenvalue weighted by Crippen LogP contribution is -2.18. The van der Waals surface area contributed by atoms with Gasteiger partial charge in [0.1, 0.15) is 10.8 Å². The average molecular weight is 343 g/mol. The normalized spacial score (nSPS) is 14.2. The third kappa shape index (κ3) is 3.39. The molecule has 2 aromatic rings. The molecule has 1 aliphatic heterocycles. The van der Waals surface area contributed by atoms with Gasteiger partial charge in [0.2, 0.25) is 11.8 Å². The number of pyridine rings is 1. The molecule has 0 spiro atoms. The maximum atomic E-state index is 12.6. The molecule has 23 heavy (non-hydrogen) atoms. The molecule has 120 valence electrons. The smallest absolute Gasteiger partial charge is 0.417 e. The lowest BCUT2D eigenvalue weighted by atomic mass is 10.0. The Hall–Kier alpha value is -2.28. The summed E-state index contributed by atoms with van der Waals surface area (Å²) in [6.07, 6.45) is -2.92. The topological polar surface area (TPSA) is 51.2 Å². The van der Waals surface area contributed by atoms with Gasteiger partial charge in [-0.3, -0.25) is 4.79 Å². The van der Waals surface area contributed by atoms with Crippen LogP contribution >= 0.6 is 11.6 Å². The number of aromatic nitrogens is 1. The highest BCUT2D eigenvalue weighted by Gasteiger charge is 2.31. The Labute approximate surface area is 134 Å². The van der Waals surface area contributed by atoms with E-state index < -0.39 is 11.7 Å². The van der Waals surface area contributed by atoms with Crippen LogP contribution < -0.4 is 10.1 Å². The van der Waals surface area contributed by atoms with Crippen molar-refractivity contribution >= 4 is 23.2 Å². The number of alkyl halides is 3. The van der Waals surface area contributed by atoms with Crippen LogP contribution in [0.2, 0.25) is 5.02 Å². The molecule has 4 nitrogen and oxygen atoms in total. The van der Waals surface area contributed by atoms with E-state index in [-0.39, 0.29) is 16.8 Å². The molecule has 1 aromatic heterocycles. The molecule has 0 atom stereocenters. The molecule has 2 heterocycles. The number of ether oxygens (including phenoxy) is 1. The second-order valence-electron chi connectivity index (χ2n) is 4.98. The molecule has 0 bridgehead atoms. The van der Waals surface area contributed by atoms with Crippen LogP contribution in [0.3, 0.4) is 0 Å². The molecule has 0 radical (unpaired) electrons. The van der Waals surface area contributed by atoms with Gasteiger partial charge in [-0.2, -0.15) is 13.2 Å². The summed E-state index contributed by atoms with van der Waals surface area (Å²) >= 11 is 5.80. The number of rotatable bonds is 2. The molecular formula is C15H10ClF3N2O2. The van der Waals surface area contributed by atoms with E-state index in [1.165, 1.54) is 0 Å². The highest BCUT2D eigenvalue weighted by Crippen LogP contribution is 2.35. The molecule has 1 aliphatic rings. The number of hydrogen-bond acceptors (Lipinski definition) is 3. The van der Waals surface area contributed by atoms with Crippen molar-refractivity contribution in [3.05, 3.63) is 46.6 Å². The van der Waals surface area contributed by atoms with Crippen LogP contribution in [0, 0.1) is 0 Å². The van der Waals surface area contributed by atoms with E-state index in [9.17, 15) is 18.0 Å². The van der Waals surface area contributed by atoms with Crippen LogP contribution in [-0.2, 0) is 17.4 Å². The Morgan fingerprint density at radius 3 is 2.70 bits per heavy atom. The number of nitrogens with zero attached hydrogens (tertiary/aromatic N) is 1. The number of amides is 1. The Kier molecular flexibility index (Phi) is 3.89. The van der Waals surface area contributed by atoms with Gasteiger partial charge in [-0.05, 0) is 36.2 Å². The Morgan fingerprint density at radius 1 is 1.22 bits per heavy atom. The first-order valence-electron chi connectivity index (χ1n) is 6.66. The van der Waals surface area contributed by atoms with E-state index in [4.69, 9.17) is 16.3 Å². The van der Waals surface area contributed by atoms with Crippen molar-refractivity contribution in [2.75, 3.05) is 5.32 Å². The molecule has 0 unspecified atom stereocenters. The fraction of sp³-hybridized carbons (Fsp3) is 0.200. The first kappa shape index (κ1) is 15.6. The first-order valence-corrected chi connectivity index (χ1v) is 7.04. The molecule has 0 saturated carbocycles. The second kappa shape index (κ2) is 5.73. The van der Waals surface area contributed by atoms with Crippen LogP contribution in [0.25, 0.3) is 0 Å². The van der Waals surface area contributed by atoms with Gasteiger partial charge in [-0.1, -0.05) is 11.6 Å². The fourth-order valence-electron chi connectivity index (χ4n) is 2.19. The predicted octanol–water partition coefficient (Wildman–Crippen LogP) is 4.43. The van der Waals surface area contributed by atoms with E-state index in [0.29, 0.717) is 30.5 Å². The lowest BCUT2D eigenvalue weighted by Gasteiger charge is -2.17. The standard InChI is InChI=1S/C15H10ClF3N2O2/c16-11-6-9(15(17,18)19)7-20-14(11)23-10-2-3-12-8(5-10)1-4-13(22)21-12/h2-3,5-7H,1,4H2,(H,21,22). The zero-order valence-electron chi connectivity index (χ0n) is 11.6. The lowest BCUT2D eigenvalue weighted by molar-refractivity contribution is -0.137. The van der Waals surface area contributed by atoms with E-state index in [1.54, 1.807) is 18.2 Å². The largest absolute Gasteiger partial charge is 0.438 e. The summed E-state index contributed by atoms with van der Waals surface area (Å²) in [5, 5.41) is 2.49. The number of fused-ring (bicyclic) bond motifs is 1. The Bertz CT molecular complexity index is 778. The minimum Gasteiger partial charge on any atom is -0.438 e.